The molecule has 0 saturated carbocycles. The van der Waals surface area contributed by atoms with E-state index in [9.17, 15) is 4.79 Å². The molecule has 3 nitrogen and oxygen atoms in total. The summed E-state index contributed by atoms with van der Waals surface area (Å²) >= 11 is 0. The molecule has 9 heavy (non-hydrogen) atoms. The Morgan fingerprint density at radius 3 is 2.89 bits per heavy atom. The van der Waals surface area contributed by atoms with Crippen molar-refractivity contribution < 1.29 is 4.79 Å². The van der Waals surface area contributed by atoms with Crippen molar-refractivity contribution >= 4 is 6.41 Å². The lowest BCUT2D eigenvalue weighted by Gasteiger charge is -2.06. The van der Waals surface area contributed by atoms with Crippen LogP contribution < -0.4 is 11.1 Å². The van der Waals surface area contributed by atoms with Crippen LogP contribution in [-0.4, -0.2) is 12.6 Å². The number of nitrogens with one attached hydrogen (secondary N) is 1. The first-order valence-corrected chi connectivity index (χ1v) is 3.19. The Morgan fingerprint density at radius 1 is 1.78 bits per heavy atom. The first-order valence-electron chi connectivity index (χ1n) is 3.19. The maximum Gasteiger partial charge on any atom is 0.310 e. The minimum absolute atomic E-state index is 0.206. The van der Waals surface area contributed by atoms with Gasteiger partial charge in [0.1, 0.15) is 0 Å². The summed E-state index contributed by atoms with van der Waals surface area (Å²) in [6, 6.07) is 0. The molecule has 3 heteroatoms. The molecule has 53 valence electrons. The summed E-state index contributed by atoms with van der Waals surface area (Å²) in [6.07, 6.45) is 4.34. The summed E-state index contributed by atoms with van der Waals surface area (Å²) in [4.78, 5) is 9.66. The highest BCUT2D eigenvalue weighted by molar-refractivity contribution is 5.47. The number of carbonyl (C=O) groups excluding carboxylic acids is 1. The molecule has 0 aromatic carbocycles. The molecule has 1 amide bonds. The minimum Gasteiger partial charge on any atom is -0.333 e. The van der Waals surface area contributed by atoms with Gasteiger partial charge in [0.15, 0.2) is 0 Å². The number of rotatable bonds is 5. The smallest absolute Gasteiger partial charge is 0.310 e. The number of nitrogens with two attached hydrogens (primary N) is 1. The van der Waals surface area contributed by atoms with Crippen LogP contribution in [0.25, 0.3) is 0 Å². The van der Waals surface area contributed by atoms with E-state index in [2.05, 4.69) is 12.2 Å². The third kappa shape index (κ3) is 5.30. The van der Waals surface area contributed by atoms with Crippen LogP contribution in [0, 0.1) is 0 Å². The number of hydrogen-bond acceptors (Lipinski definition) is 2. The minimum atomic E-state index is -0.206. The Labute approximate surface area is 55.6 Å². The van der Waals surface area contributed by atoms with Crippen LogP contribution in [-0.2, 0) is 4.79 Å². The number of amides is 1. The van der Waals surface area contributed by atoms with E-state index in [0.29, 0.717) is 0 Å². The summed E-state index contributed by atoms with van der Waals surface area (Å²) in [7, 11) is 0. The van der Waals surface area contributed by atoms with Crippen molar-refractivity contribution in [3.63, 3.8) is 0 Å². The third-order valence-corrected chi connectivity index (χ3v) is 1.11. The van der Waals surface area contributed by atoms with E-state index in [-0.39, 0.29) is 6.17 Å². The zero-order valence-corrected chi connectivity index (χ0v) is 5.68. The summed E-state index contributed by atoms with van der Waals surface area (Å²) < 4.78 is 0. The third-order valence-electron chi connectivity index (χ3n) is 1.11. The predicted molar refractivity (Wildman–Crippen MR) is 36.3 cm³/mol. The molecule has 0 aromatic rings. The maximum atomic E-state index is 9.66. The van der Waals surface area contributed by atoms with Crippen molar-refractivity contribution in [3.8, 4) is 0 Å². The summed E-state index contributed by atoms with van der Waals surface area (Å²) in [5.41, 5.74) is 5.40. The Kier molecular flexibility index (Phi) is 5.21. The van der Waals surface area contributed by atoms with Crippen LogP contribution in [0.2, 0.25) is 0 Å². The second-order valence-electron chi connectivity index (χ2n) is 2.00. The fourth-order valence-electron chi connectivity index (χ4n) is 0.572. The molecule has 1 radical (unpaired) electrons. The van der Waals surface area contributed by atoms with Crippen molar-refractivity contribution in [1.29, 1.82) is 0 Å². The first-order chi connectivity index (χ1) is 4.31. The molecule has 0 aromatic heterocycles. The quantitative estimate of drug-likeness (QED) is 0.409. The Hall–Kier alpha value is -0.570. The van der Waals surface area contributed by atoms with E-state index < -0.39 is 0 Å². The molecule has 1 unspecified atom stereocenters. The lowest BCUT2D eigenvalue weighted by Crippen LogP contribution is -2.35. The van der Waals surface area contributed by atoms with Crippen LogP contribution >= 0.6 is 0 Å². The van der Waals surface area contributed by atoms with Gasteiger partial charge in [-0.05, 0) is 6.42 Å². The van der Waals surface area contributed by atoms with Gasteiger partial charge in [0.25, 0.3) is 0 Å². The van der Waals surface area contributed by atoms with Gasteiger partial charge in [-0.15, -0.1) is 0 Å². The summed E-state index contributed by atoms with van der Waals surface area (Å²) in [6.45, 7) is 2.08. The highest BCUT2D eigenvalue weighted by Crippen LogP contribution is 1.93. The van der Waals surface area contributed by atoms with Gasteiger partial charge in [-0.1, -0.05) is 19.8 Å². The van der Waals surface area contributed by atoms with Crippen molar-refractivity contribution in [2.75, 3.05) is 0 Å². The van der Waals surface area contributed by atoms with Crippen LogP contribution in [0.4, 0.5) is 0 Å². The molecular weight excluding hydrogens is 116 g/mol. The van der Waals surface area contributed by atoms with E-state index in [1.807, 2.05) is 0 Å². The Morgan fingerprint density at radius 2 is 2.44 bits per heavy atom. The van der Waals surface area contributed by atoms with Gasteiger partial charge in [-0.25, -0.2) is 0 Å². The molecule has 3 N–H and O–H groups in total. The van der Waals surface area contributed by atoms with Gasteiger partial charge in [-0.3, -0.25) is 4.79 Å². The normalized spacial score (nSPS) is 12.7. The fraction of sp³-hybridized carbons (Fsp3) is 0.833. The predicted octanol–water partition coefficient (Wildman–Crippen LogP) is 0.118. The van der Waals surface area contributed by atoms with Crippen molar-refractivity contribution in [1.82, 2.24) is 5.32 Å². The zero-order chi connectivity index (χ0) is 7.11. The van der Waals surface area contributed by atoms with Gasteiger partial charge < -0.3 is 11.1 Å². The SMILES string of the molecule is CCCCC(N)N[C]=O. The standard InChI is InChI=1S/C6H13N2O/c1-2-3-4-6(7)8-5-9/h6H,2-4,7H2,1H3,(H,8,9). The highest BCUT2D eigenvalue weighted by Gasteiger charge is 1.96. The lowest BCUT2D eigenvalue weighted by molar-refractivity contribution is 0.498. The molecule has 0 rings (SSSR count). The van der Waals surface area contributed by atoms with Gasteiger partial charge in [0.2, 0.25) is 0 Å². The van der Waals surface area contributed by atoms with Crippen LogP contribution in [0.1, 0.15) is 26.2 Å². The summed E-state index contributed by atoms with van der Waals surface area (Å²) in [5, 5.41) is 2.35. The van der Waals surface area contributed by atoms with E-state index in [4.69, 9.17) is 5.73 Å². The Bertz CT molecular complexity index is 75.5. The Balaban J connectivity index is 3.04. The van der Waals surface area contributed by atoms with Gasteiger partial charge in [-0.2, -0.15) is 0 Å². The molecule has 0 aliphatic rings. The fourth-order valence-corrected chi connectivity index (χ4v) is 0.572. The topological polar surface area (TPSA) is 55.1 Å². The molecule has 0 heterocycles. The second-order valence-corrected chi connectivity index (χ2v) is 2.00. The largest absolute Gasteiger partial charge is 0.333 e. The van der Waals surface area contributed by atoms with Crippen molar-refractivity contribution in [3.05, 3.63) is 0 Å². The van der Waals surface area contributed by atoms with Crippen molar-refractivity contribution in [2.24, 2.45) is 5.73 Å². The molecule has 0 aliphatic heterocycles. The highest BCUT2D eigenvalue weighted by atomic mass is 16.1. The lowest BCUT2D eigenvalue weighted by atomic mass is 10.2. The second kappa shape index (κ2) is 5.56. The number of hydrogen-bond donors (Lipinski definition) is 2. The van der Waals surface area contributed by atoms with Gasteiger partial charge in [0.05, 0.1) is 6.17 Å². The molecular formula is C6H13N2O. The van der Waals surface area contributed by atoms with Gasteiger partial charge >= 0.3 is 6.41 Å². The molecule has 0 spiro atoms. The first kappa shape index (κ1) is 8.43. The van der Waals surface area contributed by atoms with Crippen LogP contribution in [0.5, 0.6) is 0 Å². The van der Waals surface area contributed by atoms with E-state index in [1.165, 1.54) is 0 Å². The average Bonchev–Trinajstić information content (AvgIpc) is 1.85. The van der Waals surface area contributed by atoms with E-state index >= 15 is 0 Å². The van der Waals surface area contributed by atoms with Crippen molar-refractivity contribution in [2.45, 2.75) is 32.4 Å². The average molecular weight is 129 g/mol. The maximum absolute atomic E-state index is 9.66. The number of unbranched alkanes of at least 4 members (excludes halogenated alkanes) is 1. The summed E-state index contributed by atoms with van der Waals surface area (Å²) in [5.74, 6) is 0. The zero-order valence-electron chi connectivity index (χ0n) is 5.68. The van der Waals surface area contributed by atoms with Crippen LogP contribution in [0.15, 0.2) is 0 Å². The molecule has 0 fully saturated rings. The van der Waals surface area contributed by atoms with E-state index in [1.54, 1.807) is 6.41 Å². The molecule has 0 bridgehead atoms. The van der Waals surface area contributed by atoms with Gasteiger partial charge in [0, 0.05) is 0 Å². The van der Waals surface area contributed by atoms with Crippen LogP contribution in [0.3, 0.4) is 0 Å². The molecule has 0 saturated heterocycles. The molecule has 0 aliphatic carbocycles. The molecule has 1 atom stereocenters. The monoisotopic (exact) mass is 129 g/mol. The van der Waals surface area contributed by atoms with E-state index in [0.717, 1.165) is 19.3 Å².